The first kappa shape index (κ1) is 21.4. The summed E-state index contributed by atoms with van der Waals surface area (Å²) in [5.74, 6) is -1.06. The maximum absolute atomic E-state index is 12.7. The number of nitrogens with zero attached hydrogens (tertiary/aromatic N) is 1. The standard InChI is InChI=1S/C21H19BrN2O6/c1-12-3-5-13(6-4-12)10-24-20(27)16(23-21(24)28)8-14-7-15(22)19(17(9-14)29-2)30-11-18(25)26/h3-9H,10-11H2,1-2H3,(H,23,28)(H,25,26)/b16-8+. The molecule has 0 saturated carbocycles. The number of halogens is 1. The Kier molecular flexibility index (Phi) is 6.41. The van der Waals surface area contributed by atoms with E-state index in [1.54, 1.807) is 12.1 Å². The highest BCUT2D eigenvalue weighted by Crippen LogP contribution is 2.37. The molecule has 1 saturated heterocycles. The van der Waals surface area contributed by atoms with Gasteiger partial charge >= 0.3 is 12.0 Å². The molecule has 2 aromatic rings. The van der Waals surface area contributed by atoms with Gasteiger partial charge in [-0.05, 0) is 52.2 Å². The first-order chi connectivity index (χ1) is 14.3. The van der Waals surface area contributed by atoms with Crippen molar-refractivity contribution in [3.05, 3.63) is 63.3 Å². The van der Waals surface area contributed by atoms with Crippen LogP contribution in [0.2, 0.25) is 0 Å². The zero-order valence-corrected chi connectivity index (χ0v) is 17.9. The molecule has 0 aromatic heterocycles. The molecule has 8 nitrogen and oxygen atoms in total. The van der Waals surface area contributed by atoms with Gasteiger partial charge in [0.15, 0.2) is 18.1 Å². The zero-order chi connectivity index (χ0) is 21.8. The smallest absolute Gasteiger partial charge is 0.341 e. The lowest BCUT2D eigenvalue weighted by Crippen LogP contribution is -2.30. The average Bonchev–Trinajstić information content (AvgIpc) is 2.95. The lowest BCUT2D eigenvalue weighted by atomic mass is 10.1. The molecule has 9 heteroatoms. The Labute approximate surface area is 181 Å². The number of aliphatic carboxylic acids is 1. The molecule has 30 heavy (non-hydrogen) atoms. The molecular formula is C21H19BrN2O6. The summed E-state index contributed by atoms with van der Waals surface area (Å²) in [6.45, 7) is 1.60. The van der Waals surface area contributed by atoms with Crippen LogP contribution in [0.15, 0.2) is 46.6 Å². The van der Waals surface area contributed by atoms with Crippen LogP contribution in [0.5, 0.6) is 11.5 Å². The first-order valence-corrected chi connectivity index (χ1v) is 9.70. The fourth-order valence-electron chi connectivity index (χ4n) is 2.86. The molecule has 2 aromatic carbocycles. The zero-order valence-electron chi connectivity index (χ0n) is 16.3. The van der Waals surface area contributed by atoms with Crippen LogP contribution in [0.3, 0.4) is 0 Å². The number of carbonyl (C=O) groups excluding carboxylic acids is 2. The molecule has 0 bridgehead atoms. The number of urea groups is 1. The number of methoxy groups -OCH3 is 1. The number of carbonyl (C=O) groups is 3. The Morgan fingerprint density at radius 3 is 2.57 bits per heavy atom. The van der Waals surface area contributed by atoms with E-state index in [9.17, 15) is 14.4 Å². The van der Waals surface area contributed by atoms with Crippen LogP contribution in [0.4, 0.5) is 4.79 Å². The number of hydrogen-bond donors (Lipinski definition) is 2. The fourth-order valence-corrected chi connectivity index (χ4v) is 3.43. The van der Waals surface area contributed by atoms with Gasteiger partial charge in [-0.15, -0.1) is 0 Å². The van der Waals surface area contributed by atoms with Crippen molar-refractivity contribution in [2.75, 3.05) is 13.7 Å². The molecule has 1 fully saturated rings. The molecule has 1 heterocycles. The highest BCUT2D eigenvalue weighted by molar-refractivity contribution is 9.10. The first-order valence-electron chi connectivity index (χ1n) is 8.90. The summed E-state index contributed by atoms with van der Waals surface area (Å²) < 4.78 is 10.9. The largest absolute Gasteiger partial charge is 0.493 e. The summed E-state index contributed by atoms with van der Waals surface area (Å²) in [6, 6.07) is 10.3. The minimum absolute atomic E-state index is 0.125. The van der Waals surface area contributed by atoms with Crippen LogP contribution in [-0.2, 0) is 16.1 Å². The van der Waals surface area contributed by atoms with Crippen molar-refractivity contribution in [2.45, 2.75) is 13.5 Å². The van der Waals surface area contributed by atoms with Gasteiger partial charge in [0, 0.05) is 0 Å². The van der Waals surface area contributed by atoms with E-state index in [4.69, 9.17) is 14.6 Å². The van der Waals surface area contributed by atoms with Gasteiger partial charge < -0.3 is 19.9 Å². The van der Waals surface area contributed by atoms with Gasteiger partial charge in [0.05, 0.1) is 18.1 Å². The molecule has 0 aliphatic carbocycles. The number of ether oxygens (including phenoxy) is 2. The Bertz CT molecular complexity index is 1030. The third-order valence-electron chi connectivity index (χ3n) is 4.33. The van der Waals surface area contributed by atoms with Gasteiger partial charge in [0.1, 0.15) is 5.70 Å². The summed E-state index contributed by atoms with van der Waals surface area (Å²) >= 11 is 3.32. The number of rotatable bonds is 7. The average molecular weight is 475 g/mol. The number of nitrogens with one attached hydrogen (secondary N) is 1. The van der Waals surface area contributed by atoms with Crippen molar-refractivity contribution in [3.8, 4) is 11.5 Å². The summed E-state index contributed by atoms with van der Waals surface area (Å²) in [7, 11) is 1.41. The van der Waals surface area contributed by atoms with Crippen molar-refractivity contribution in [3.63, 3.8) is 0 Å². The molecular weight excluding hydrogens is 456 g/mol. The van der Waals surface area contributed by atoms with Crippen molar-refractivity contribution in [1.29, 1.82) is 0 Å². The van der Waals surface area contributed by atoms with Crippen LogP contribution in [0, 0.1) is 6.92 Å². The van der Waals surface area contributed by atoms with E-state index in [0.717, 1.165) is 16.0 Å². The van der Waals surface area contributed by atoms with E-state index < -0.39 is 24.5 Å². The second-order valence-electron chi connectivity index (χ2n) is 6.58. The van der Waals surface area contributed by atoms with Gasteiger partial charge in [0.2, 0.25) is 0 Å². The van der Waals surface area contributed by atoms with Crippen molar-refractivity contribution in [2.24, 2.45) is 0 Å². The SMILES string of the molecule is COc1cc(/C=C2/NC(=O)N(Cc3ccc(C)cc3)C2=O)cc(Br)c1OCC(=O)O. The second-order valence-corrected chi connectivity index (χ2v) is 7.44. The molecule has 0 unspecified atom stereocenters. The fraction of sp³-hybridized carbons (Fsp3) is 0.190. The Morgan fingerprint density at radius 1 is 1.23 bits per heavy atom. The van der Waals surface area contributed by atoms with Crippen LogP contribution in [-0.4, -0.2) is 41.6 Å². The van der Waals surface area contributed by atoms with E-state index in [2.05, 4.69) is 21.2 Å². The predicted octanol–water partition coefficient (Wildman–Crippen LogP) is 3.32. The van der Waals surface area contributed by atoms with Crippen molar-refractivity contribution < 1.29 is 29.0 Å². The van der Waals surface area contributed by atoms with E-state index in [1.807, 2.05) is 31.2 Å². The number of benzene rings is 2. The number of aryl methyl sites for hydroxylation is 1. The van der Waals surface area contributed by atoms with E-state index in [1.165, 1.54) is 13.2 Å². The highest BCUT2D eigenvalue weighted by Gasteiger charge is 2.33. The minimum Gasteiger partial charge on any atom is -0.493 e. The van der Waals surface area contributed by atoms with Gasteiger partial charge in [-0.2, -0.15) is 0 Å². The molecule has 0 atom stereocenters. The number of hydrogen-bond acceptors (Lipinski definition) is 5. The van der Waals surface area contributed by atoms with Gasteiger partial charge in [0.25, 0.3) is 5.91 Å². The van der Waals surface area contributed by atoms with E-state index >= 15 is 0 Å². The third-order valence-corrected chi connectivity index (χ3v) is 4.92. The summed E-state index contributed by atoms with van der Waals surface area (Å²) in [5, 5.41) is 11.4. The Morgan fingerprint density at radius 2 is 1.93 bits per heavy atom. The maximum atomic E-state index is 12.7. The van der Waals surface area contributed by atoms with Crippen LogP contribution in [0.1, 0.15) is 16.7 Å². The quantitative estimate of drug-likeness (QED) is 0.470. The summed E-state index contributed by atoms with van der Waals surface area (Å²) in [6.07, 6.45) is 1.52. The number of carboxylic acids is 1. The maximum Gasteiger partial charge on any atom is 0.341 e. The van der Waals surface area contributed by atoms with Crippen LogP contribution >= 0.6 is 15.9 Å². The topological polar surface area (TPSA) is 105 Å². The summed E-state index contributed by atoms with van der Waals surface area (Å²) in [4.78, 5) is 36.9. The molecule has 1 aliphatic heterocycles. The van der Waals surface area contributed by atoms with Crippen molar-refractivity contribution in [1.82, 2.24) is 10.2 Å². The molecule has 3 rings (SSSR count). The third kappa shape index (κ3) is 4.80. The minimum atomic E-state index is -1.12. The Hall–Kier alpha value is -3.33. The number of imide groups is 1. The molecule has 0 radical (unpaired) electrons. The van der Waals surface area contributed by atoms with Gasteiger partial charge in [-0.25, -0.2) is 9.59 Å². The monoisotopic (exact) mass is 474 g/mol. The molecule has 156 valence electrons. The summed E-state index contributed by atoms with van der Waals surface area (Å²) in [5.41, 5.74) is 2.61. The molecule has 1 aliphatic rings. The lowest BCUT2D eigenvalue weighted by molar-refractivity contribution is -0.139. The molecule has 2 N–H and O–H groups in total. The molecule has 0 spiro atoms. The Balaban J connectivity index is 1.83. The lowest BCUT2D eigenvalue weighted by Gasteiger charge is -2.12. The molecule has 3 amide bonds. The normalized spacial score (nSPS) is 14.8. The predicted molar refractivity (Wildman–Crippen MR) is 112 cm³/mol. The van der Waals surface area contributed by atoms with Gasteiger partial charge in [-0.3, -0.25) is 9.69 Å². The van der Waals surface area contributed by atoms with Crippen LogP contribution in [0.25, 0.3) is 6.08 Å². The second kappa shape index (κ2) is 9.00. The van der Waals surface area contributed by atoms with Gasteiger partial charge in [-0.1, -0.05) is 29.8 Å². The van der Waals surface area contributed by atoms with E-state index in [-0.39, 0.29) is 23.7 Å². The number of amides is 3. The van der Waals surface area contributed by atoms with Crippen LogP contribution < -0.4 is 14.8 Å². The van der Waals surface area contributed by atoms with Crippen molar-refractivity contribution >= 4 is 39.9 Å². The number of carboxylic acid groups (broad SMARTS) is 1. The van der Waals surface area contributed by atoms with E-state index in [0.29, 0.717) is 10.0 Å². The highest BCUT2D eigenvalue weighted by atomic mass is 79.9.